The number of nitrogens with zero attached hydrogens (tertiary/aromatic N) is 7. The lowest BCUT2D eigenvalue weighted by atomic mass is 10.1. The van der Waals surface area contributed by atoms with E-state index >= 15 is 0 Å². The average Bonchev–Trinajstić information content (AvgIpc) is 3.34. The second-order valence-corrected chi connectivity index (χ2v) is 9.27. The summed E-state index contributed by atoms with van der Waals surface area (Å²) in [6, 6.07) is 16.1. The zero-order chi connectivity index (χ0) is 29.5. The number of carbonyl (C=O) groups excluding carboxylic acids is 3. The van der Waals surface area contributed by atoms with Crippen LogP contribution in [0.3, 0.4) is 0 Å². The molecule has 0 saturated heterocycles. The van der Waals surface area contributed by atoms with Crippen molar-refractivity contribution in [2.75, 3.05) is 43.4 Å². The first-order chi connectivity index (χ1) is 19.8. The van der Waals surface area contributed by atoms with Crippen LogP contribution >= 0.6 is 0 Å². The van der Waals surface area contributed by atoms with Crippen LogP contribution in [0.4, 0.5) is 21.7 Å². The summed E-state index contributed by atoms with van der Waals surface area (Å²) in [4.78, 5) is 41.6. The number of hydrogen-bond acceptors (Lipinski definition) is 9. The summed E-state index contributed by atoms with van der Waals surface area (Å²) in [7, 11) is 6.77. The van der Waals surface area contributed by atoms with Gasteiger partial charge in [0.2, 0.25) is 18.7 Å². The van der Waals surface area contributed by atoms with Gasteiger partial charge in [-0.25, -0.2) is 14.0 Å². The summed E-state index contributed by atoms with van der Waals surface area (Å²) in [5, 5.41) is 15.2. The molecule has 3 amide bonds. The van der Waals surface area contributed by atoms with E-state index in [0.717, 1.165) is 4.90 Å². The maximum Gasteiger partial charge on any atom is 0.271 e. The highest BCUT2D eigenvalue weighted by Gasteiger charge is 2.32. The fourth-order valence-corrected chi connectivity index (χ4v) is 4.19. The Balaban J connectivity index is 1.89. The molecule has 0 aliphatic carbocycles. The molecule has 2 aromatic carbocycles. The molecule has 0 aliphatic heterocycles. The lowest BCUT2D eigenvalue weighted by Crippen LogP contribution is -2.33. The van der Waals surface area contributed by atoms with Gasteiger partial charge in [-0.1, -0.05) is 18.2 Å². The van der Waals surface area contributed by atoms with Crippen molar-refractivity contribution in [1.29, 1.82) is 0 Å². The third-order valence-corrected chi connectivity index (χ3v) is 6.11. The van der Waals surface area contributed by atoms with E-state index in [1.165, 1.54) is 25.3 Å². The van der Waals surface area contributed by atoms with Gasteiger partial charge in [0.25, 0.3) is 5.91 Å². The molecule has 0 atom stereocenters. The number of rotatable bonds is 12. The van der Waals surface area contributed by atoms with Crippen molar-refractivity contribution in [2.24, 2.45) is 0 Å². The van der Waals surface area contributed by atoms with E-state index in [1.807, 2.05) is 19.0 Å². The molecule has 0 unspecified atom stereocenters. The molecule has 13 heteroatoms. The molecule has 0 radical (unpaired) electrons. The second kappa shape index (κ2) is 12.8. The molecule has 0 fully saturated rings. The number of imide groups is 1. The van der Waals surface area contributed by atoms with Crippen LogP contribution < -0.4 is 19.9 Å². The molecule has 0 saturated carbocycles. The number of carbonyl (C=O) groups is 3. The molecule has 2 aromatic heterocycles. The summed E-state index contributed by atoms with van der Waals surface area (Å²) < 4.78 is 21.2. The number of amides is 3. The van der Waals surface area contributed by atoms with Crippen LogP contribution in [0.25, 0.3) is 5.69 Å². The van der Waals surface area contributed by atoms with Gasteiger partial charge in [-0.3, -0.25) is 14.4 Å². The monoisotopic (exact) mass is 560 g/mol. The standard InChI is InChI=1S/C28H29FN8O4/c1-34(2)16-23-26(28(40)36(18-39)24-13-14-25(41-4)32-31-24)27(35(3)15-19-7-5-6-8-22(19)29)33-37(23)21-11-9-20(10-12-21)30-17-38/h5-14,17-18H,15-16H2,1-4H3,(H,30,38). The minimum atomic E-state index is -0.697. The van der Waals surface area contributed by atoms with Crippen molar-refractivity contribution in [2.45, 2.75) is 13.1 Å². The fraction of sp³-hybridized carbons (Fsp3) is 0.214. The molecule has 4 rings (SSSR count). The predicted octanol–water partition coefficient (Wildman–Crippen LogP) is 2.88. The maximum absolute atomic E-state index is 14.6. The largest absolute Gasteiger partial charge is 0.480 e. The Labute approximate surface area is 235 Å². The zero-order valence-electron chi connectivity index (χ0n) is 23.0. The Morgan fingerprint density at radius 1 is 1.00 bits per heavy atom. The number of aromatic nitrogens is 4. The van der Waals surface area contributed by atoms with E-state index in [1.54, 1.807) is 59.1 Å². The van der Waals surface area contributed by atoms with E-state index in [0.29, 0.717) is 35.5 Å². The van der Waals surface area contributed by atoms with Gasteiger partial charge in [-0.15, -0.1) is 15.3 Å². The smallest absolute Gasteiger partial charge is 0.271 e. The van der Waals surface area contributed by atoms with Crippen LogP contribution in [0.2, 0.25) is 0 Å². The van der Waals surface area contributed by atoms with Crippen LogP contribution in [-0.2, 0) is 22.7 Å². The quantitative estimate of drug-likeness (QED) is 0.260. The third kappa shape index (κ3) is 6.36. The summed E-state index contributed by atoms with van der Waals surface area (Å²) in [6.45, 7) is 0.355. The van der Waals surface area contributed by atoms with Gasteiger partial charge < -0.3 is 19.9 Å². The van der Waals surface area contributed by atoms with Gasteiger partial charge in [-0.2, -0.15) is 0 Å². The summed E-state index contributed by atoms with van der Waals surface area (Å²) >= 11 is 0. The van der Waals surface area contributed by atoms with Crippen molar-refractivity contribution < 1.29 is 23.5 Å². The minimum absolute atomic E-state index is 0.0126. The fourth-order valence-electron chi connectivity index (χ4n) is 4.19. The molecule has 4 aromatic rings. The highest BCUT2D eigenvalue weighted by atomic mass is 19.1. The van der Waals surface area contributed by atoms with Gasteiger partial charge in [0.15, 0.2) is 11.6 Å². The molecule has 12 nitrogen and oxygen atoms in total. The maximum atomic E-state index is 14.6. The first kappa shape index (κ1) is 28.8. The van der Waals surface area contributed by atoms with Crippen molar-refractivity contribution in [3.8, 4) is 11.6 Å². The normalized spacial score (nSPS) is 10.8. The molecular weight excluding hydrogens is 531 g/mol. The van der Waals surface area contributed by atoms with Crippen LogP contribution in [-0.4, -0.2) is 71.9 Å². The summed E-state index contributed by atoms with van der Waals surface area (Å²) in [5.74, 6) is -0.676. The number of hydrogen-bond donors (Lipinski definition) is 1. The number of ether oxygens (including phenoxy) is 1. The van der Waals surface area contributed by atoms with Gasteiger partial charge in [0.1, 0.15) is 11.4 Å². The molecular formula is C28H29FN8O4. The van der Waals surface area contributed by atoms with Crippen molar-refractivity contribution in [3.05, 3.63) is 83.3 Å². The van der Waals surface area contributed by atoms with Crippen LogP contribution in [0.5, 0.6) is 5.88 Å². The first-order valence-corrected chi connectivity index (χ1v) is 12.5. The van der Waals surface area contributed by atoms with Crippen molar-refractivity contribution >= 4 is 36.1 Å². The molecule has 2 heterocycles. The lowest BCUT2D eigenvalue weighted by Gasteiger charge is -2.21. The summed E-state index contributed by atoms with van der Waals surface area (Å²) in [5.41, 5.74) is 2.16. The number of benzene rings is 2. The Morgan fingerprint density at radius 2 is 1.73 bits per heavy atom. The van der Waals surface area contributed by atoms with E-state index in [9.17, 15) is 18.8 Å². The van der Waals surface area contributed by atoms with E-state index in [-0.39, 0.29) is 36.2 Å². The minimum Gasteiger partial charge on any atom is -0.480 e. The topological polar surface area (TPSA) is 126 Å². The highest BCUT2D eigenvalue weighted by Crippen LogP contribution is 2.30. The highest BCUT2D eigenvalue weighted by molar-refractivity contribution is 6.17. The van der Waals surface area contributed by atoms with Gasteiger partial charge >= 0.3 is 0 Å². The number of methoxy groups -OCH3 is 1. The van der Waals surface area contributed by atoms with Crippen LogP contribution in [0, 0.1) is 5.82 Å². The molecule has 1 N–H and O–H groups in total. The van der Waals surface area contributed by atoms with E-state index < -0.39 is 11.7 Å². The molecule has 41 heavy (non-hydrogen) atoms. The SMILES string of the molecule is COc1ccc(N(C=O)C(=O)c2c(N(C)Cc3ccccc3F)nn(-c3ccc(NC=O)cc3)c2CN(C)C)nn1. The lowest BCUT2D eigenvalue weighted by molar-refractivity contribution is -0.107. The first-order valence-electron chi connectivity index (χ1n) is 12.5. The van der Waals surface area contributed by atoms with Gasteiger partial charge in [0, 0.05) is 37.5 Å². The average molecular weight is 561 g/mol. The molecule has 212 valence electrons. The van der Waals surface area contributed by atoms with Gasteiger partial charge in [-0.05, 0) is 50.5 Å². The Kier molecular flexibility index (Phi) is 8.99. The predicted molar refractivity (Wildman–Crippen MR) is 151 cm³/mol. The van der Waals surface area contributed by atoms with Crippen molar-refractivity contribution in [1.82, 2.24) is 24.9 Å². The molecule has 0 bridgehead atoms. The summed E-state index contributed by atoms with van der Waals surface area (Å²) in [6.07, 6.45) is 0.930. The molecule has 0 aliphatic rings. The van der Waals surface area contributed by atoms with E-state index in [2.05, 4.69) is 15.5 Å². The van der Waals surface area contributed by atoms with E-state index in [4.69, 9.17) is 9.84 Å². The molecule has 0 spiro atoms. The number of anilines is 3. The van der Waals surface area contributed by atoms with Crippen molar-refractivity contribution in [3.63, 3.8) is 0 Å². The Morgan fingerprint density at radius 3 is 2.32 bits per heavy atom. The van der Waals surface area contributed by atoms with Gasteiger partial charge in [0.05, 0.1) is 18.5 Å². The third-order valence-electron chi connectivity index (χ3n) is 6.11. The Hall–Kier alpha value is -5.17. The number of halogens is 1. The second-order valence-electron chi connectivity index (χ2n) is 9.27. The Bertz CT molecular complexity index is 1520. The zero-order valence-corrected chi connectivity index (χ0v) is 23.0. The number of nitrogens with one attached hydrogen (secondary N) is 1. The van der Waals surface area contributed by atoms with Crippen LogP contribution in [0.15, 0.2) is 60.7 Å². The van der Waals surface area contributed by atoms with Crippen LogP contribution in [0.1, 0.15) is 21.6 Å².